The Morgan fingerprint density at radius 2 is 1.96 bits per heavy atom. The van der Waals surface area contributed by atoms with Crippen molar-refractivity contribution in [2.24, 2.45) is 0 Å². The fraction of sp³-hybridized carbons (Fsp3) is 0.529. The molecule has 1 heterocycles. The van der Waals surface area contributed by atoms with Crippen molar-refractivity contribution in [3.05, 3.63) is 28.3 Å². The first-order valence-electron chi connectivity index (χ1n) is 8.66. The third kappa shape index (κ3) is 5.07. The lowest BCUT2D eigenvalue weighted by Gasteiger charge is -2.36. The van der Waals surface area contributed by atoms with Crippen LogP contribution >= 0.6 is 0 Å². The van der Waals surface area contributed by atoms with Gasteiger partial charge in [0.05, 0.1) is 30.7 Å². The van der Waals surface area contributed by atoms with Crippen LogP contribution in [0.5, 0.6) is 5.75 Å². The summed E-state index contributed by atoms with van der Waals surface area (Å²) in [7, 11) is 1.41. The van der Waals surface area contributed by atoms with E-state index in [2.05, 4.69) is 5.32 Å². The molecule has 1 aromatic rings. The Balaban J connectivity index is 1.99. The van der Waals surface area contributed by atoms with Crippen molar-refractivity contribution >= 4 is 23.4 Å². The molecule has 1 aliphatic rings. The number of nitro benzene ring substituents is 1. The summed E-state index contributed by atoms with van der Waals surface area (Å²) < 4.78 is 9.96. The van der Waals surface area contributed by atoms with Gasteiger partial charge in [-0.2, -0.15) is 0 Å². The summed E-state index contributed by atoms with van der Waals surface area (Å²) >= 11 is 0. The normalized spacial score (nSPS) is 15.7. The molecule has 0 saturated carbocycles. The van der Waals surface area contributed by atoms with Gasteiger partial charge < -0.3 is 19.7 Å². The SMILES string of the molecule is CCOC(=O)N1CCN([C@H](C)C(=O)Nc2ccc(OC)cc2[N+](=O)[O-])CC1. The van der Waals surface area contributed by atoms with Gasteiger partial charge >= 0.3 is 6.09 Å². The summed E-state index contributed by atoms with van der Waals surface area (Å²) in [6.07, 6.45) is -0.358. The smallest absolute Gasteiger partial charge is 0.409 e. The highest BCUT2D eigenvalue weighted by Gasteiger charge is 2.29. The van der Waals surface area contributed by atoms with E-state index in [0.29, 0.717) is 38.5 Å². The zero-order valence-electron chi connectivity index (χ0n) is 15.6. The lowest BCUT2D eigenvalue weighted by Crippen LogP contribution is -2.54. The standard InChI is InChI=1S/C17H24N4O6/c1-4-27-17(23)20-9-7-19(8-10-20)12(2)16(22)18-14-6-5-13(26-3)11-15(14)21(24)25/h5-6,11-12H,4,7-10H2,1-3H3,(H,18,22)/t12-/m1/s1. The first-order valence-corrected chi connectivity index (χ1v) is 8.66. The molecule has 0 unspecified atom stereocenters. The van der Waals surface area contributed by atoms with Crippen molar-refractivity contribution in [2.45, 2.75) is 19.9 Å². The summed E-state index contributed by atoms with van der Waals surface area (Å²) in [4.78, 5) is 38.5. The van der Waals surface area contributed by atoms with Gasteiger partial charge in [0.15, 0.2) is 0 Å². The number of benzene rings is 1. The minimum absolute atomic E-state index is 0.114. The van der Waals surface area contributed by atoms with Crippen molar-refractivity contribution in [1.29, 1.82) is 0 Å². The molecule has 27 heavy (non-hydrogen) atoms. The maximum atomic E-state index is 12.5. The molecule has 1 N–H and O–H groups in total. The van der Waals surface area contributed by atoms with Crippen LogP contribution in [-0.2, 0) is 9.53 Å². The van der Waals surface area contributed by atoms with Crippen LogP contribution in [0.4, 0.5) is 16.2 Å². The fourth-order valence-electron chi connectivity index (χ4n) is 2.80. The first-order chi connectivity index (χ1) is 12.9. The zero-order chi connectivity index (χ0) is 20.0. The Hall–Kier alpha value is -2.88. The van der Waals surface area contributed by atoms with Gasteiger partial charge in [-0.15, -0.1) is 0 Å². The Labute approximate surface area is 157 Å². The number of anilines is 1. The molecule has 1 saturated heterocycles. The lowest BCUT2D eigenvalue weighted by molar-refractivity contribution is -0.384. The molecule has 10 heteroatoms. The Morgan fingerprint density at radius 3 is 2.52 bits per heavy atom. The molecule has 0 bridgehead atoms. The molecule has 0 aromatic heterocycles. The highest BCUT2D eigenvalue weighted by molar-refractivity contribution is 5.96. The van der Waals surface area contributed by atoms with E-state index in [0.717, 1.165) is 0 Å². The van der Waals surface area contributed by atoms with Crippen LogP contribution < -0.4 is 10.1 Å². The molecular weight excluding hydrogens is 356 g/mol. The number of nitrogens with zero attached hydrogens (tertiary/aromatic N) is 3. The molecule has 0 radical (unpaired) electrons. The molecule has 2 rings (SSSR count). The van der Waals surface area contributed by atoms with Gasteiger partial charge in [0.25, 0.3) is 5.69 Å². The van der Waals surface area contributed by atoms with Gasteiger partial charge in [0.1, 0.15) is 11.4 Å². The van der Waals surface area contributed by atoms with E-state index in [1.807, 2.05) is 4.90 Å². The summed E-state index contributed by atoms with van der Waals surface area (Å²) in [6.45, 7) is 5.73. The second kappa shape index (κ2) is 9.17. The van der Waals surface area contributed by atoms with E-state index < -0.39 is 11.0 Å². The van der Waals surface area contributed by atoms with Crippen LogP contribution in [0.3, 0.4) is 0 Å². The average Bonchev–Trinajstić information content (AvgIpc) is 2.67. The van der Waals surface area contributed by atoms with E-state index in [4.69, 9.17) is 9.47 Å². The lowest BCUT2D eigenvalue weighted by atomic mass is 10.2. The van der Waals surface area contributed by atoms with Crippen LogP contribution in [-0.4, -0.2) is 72.7 Å². The predicted molar refractivity (Wildman–Crippen MR) is 97.9 cm³/mol. The number of rotatable bonds is 6. The van der Waals surface area contributed by atoms with Crippen molar-refractivity contribution in [2.75, 3.05) is 45.2 Å². The van der Waals surface area contributed by atoms with Crippen LogP contribution in [0, 0.1) is 10.1 Å². The second-order valence-corrected chi connectivity index (χ2v) is 6.03. The van der Waals surface area contributed by atoms with Crippen molar-refractivity contribution in [3.63, 3.8) is 0 Å². The first kappa shape index (κ1) is 20.4. The molecule has 0 spiro atoms. The number of hydrogen-bond donors (Lipinski definition) is 1. The Bertz CT molecular complexity index is 703. The molecule has 10 nitrogen and oxygen atoms in total. The number of nitrogens with one attached hydrogen (secondary N) is 1. The second-order valence-electron chi connectivity index (χ2n) is 6.03. The van der Waals surface area contributed by atoms with Crippen molar-refractivity contribution in [1.82, 2.24) is 9.80 Å². The number of ether oxygens (including phenoxy) is 2. The summed E-state index contributed by atoms with van der Waals surface area (Å²) in [5.74, 6) is -0.0179. The van der Waals surface area contributed by atoms with Gasteiger partial charge in [-0.05, 0) is 26.0 Å². The Kier molecular flexibility index (Phi) is 6.94. The molecule has 1 atom stereocenters. The largest absolute Gasteiger partial charge is 0.496 e. The van der Waals surface area contributed by atoms with Gasteiger partial charge in [-0.1, -0.05) is 0 Å². The van der Waals surface area contributed by atoms with Gasteiger partial charge in [-0.25, -0.2) is 4.79 Å². The zero-order valence-corrected chi connectivity index (χ0v) is 15.6. The van der Waals surface area contributed by atoms with Gasteiger partial charge in [0.2, 0.25) is 5.91 Å². The summed E-state index contributed by atoms with van der Waals surface area (Å²) in [5.41, 5.74) is -0.121. The van der Waals surface area contributed by atoms with Gasteiger partial charge in [-0.3, -0.25) is 19.8 Å². The minimum atomic E-state index is -0.569. The molecule has 1 fully saturated rings. The van der Waals surface area contributed by atoms with E-state index in [1.54, 1.807) is 24.8 Å². The monoisotopic (exact) mass is 380 g/mol. The van der Waals surface area contributed by atoms with Crippen LogP contribution in [0.2, 0.25) is 0 Å². The minimum Gasteiger partial charge on any atom is -0.496 e. The van der Waals surface area contributed by atoms with Gasteiger partial charge in [0, 0.05) is 26.2 Å². The van der Waals surface area contributed by atoms with Crippen molar-refractivity contribution in [3.8, 4) is 5.75 Å². The van der Waals surface area contributed by atoms with E-state index >= 15 is 0 Å². The predicted octanol–water partition coefficient (Wildman–Crippen LogP) is 1.70. The quantitative estimate of drug-likeness (QED) is 0.590. The highest BCUT2D eigenvalue weighted by Crippen LogP contribution is 2.29. The molecule has 1 aliphatic heterocycles. The molecule has 2 amide bonds. The Morgan fingerprint density at radius 1 is 1.30 bits per heavy atom. The highest BCUT2D eigenvalue weighted by atomic mass is 16.6. The van der Waals surface area contributed by atoms with E-state index in [-0.39, 0.29) is 23.4 Å². The topological polar surface area (TPSA) is 114 Å². The number of amides is 2. The molecule has 0 aliphatic carbocycles. The summed E-state index contributed by atoms with van der Waals surface area (Å²) in [6, 6.07) is 3.75. The van der Waals surface area contributed by atoms with Crippen LogP contribution in [0.15, 0.2) is 18.2 Å². The van der Waals surface area contributed by atoms with E-state index in [1.165, 1.54) is 19.2 Å². The van der Waals surface area contributed by atoms with Crippen LogP contribution in [0.1, 0.15) is 13.8 Å². The maximum Gasteiger partial charge on any atom is 0.409 e. The molecular formula is C17H24N4O6. The average molecular weight is 380 g/mol. The number of carbonyl (C=O) groups is 2. The third-order valence-corrected chi connectivity index (χ3v) is 4.43. The maximum absolute atomic E-state index is 12.5. The molecule has 1 aromatic carbocycles. The number of piperazine rings is 1. The number of nitro groups is 1. The third-order valence-electron chi connectivity index (χ3n) is 4.43. The summed E-state index contributed by atoms with van der Waals surface area (Å²) in [5, 5.41) is 13.8. The van der Waals surface area contributed by atoms with E-state index in [9.17, 15) is 19.7 Å². The number of methoxy groups -OCH3 is 1. The number of hydrogen-bond acceptors (Lipinski definition) is 7. The molecule has 148 valence electrons. The van der Waals surface area contributed by atoms with Crippen LogP contribution in [0.25, 0.3) is 0 Å². The fourth-order valence-corrected chi connectivity index (χ4v) is 2.80. The number of carbonyl (C=O) groups excluding carboxylic acids is 2. The van der Waals surface area contributed by atoms with Crippen molar-refractivity contribution < 1.29 is 24.0 Å².